The van der Waals surface area contributed by atoms with Gasteiger partial charge in [-0.15, -0.1) is 0 Å². The van der Waals surface area contributed by atoms with E-state index in [1.54, 1.807) is 5.32 Å². The van der Waals surface area contributed by atoms with E-state index in [9.17, 15) is 26.7 Å². The standard InChI is InChI=1S/C14H16F5NO4/c1-22-8-6-10(23-2)9(11(7-8)24-3)4-5-20-12(21)13(15,16)14(17,18)19/h6-7H,4-5H2,1-3H3,(H,20,21). The molecule has 0 aliphatic heterocycles. The monoisotopic (exact) mass is 357 g/mol. The number of rotatable bonds is 7. The zero-order valence-electron chi connectivity index (χ0n) is 13.1. The van der Waals surface area contributed by atoms with Crippen molar-refractivity contribution in [2.75, 3.05) is 27.9 Å². The largest absolute Gasteiger partial charge is 0.496 e. The molecule has 0 saturated carbocycles. The van der Waals surface area contributed by atoms with Gasteiger partial charge in [0.25, 0.3) is 5.91 Å². The number of hydrogen-bond acceptors (Lipinski definition) is 4. The Labute approximate surface area is 134 Å². The number of ether oxygens (including phenoxy) is 3. The topological polar surface area (TPSA) is 56.8 Å². The molecule has 136 valence electrons. The predicted molar refractivity (Wildman–Crippen MR) is 73.8 cm³/mol. The van der Waals surface area contributed by atoms with Crippen LogP contribution in [0.3, 0.4) is 0 Å². The van der Waals surface area contributed by atoms with E-state index in [0.29, 0.717) is 11.3 Å². The molecule has 1 N–H and O–H groups in total. The number of nitrogens with one attached hydrogen (secondary N) is 1. The van der Waals surface area contributed by atoms with Gasteiger partial charge < -0.3 is 19.5 Å². The van der Waals surface area contributed by atoms with Crippen LogP contribution in [0.4, 0.5) is 22.0 Å². The van der Waals surface area contributed by atoms with E-state index >= 15 is 0 Å². The molecule has 5 nitrogen and oxygen atoms in total. The van der Waals surface area contributed by atoms with Gasteiger partial charge in [-0.1, -0.05) is 0 Å². The molecule has 0 aromatic heterocycles. The van der Waals surface area contributed by atoms with Gasteiger partial charge in [0.1, 0.15) is 17.2 Å². The van der Waals surface area contributed by atoms with Crippen molar-refractivity contribution in [3.63, 3.8) is 0 Å². The average molecular weight is 357 g/mol. The highest BCUT2D eigenvalue weighted by atomic mass is 19.4. The van der Waals surface area contributed by atoms with Crippen molar-refractivity contribution in [3.05, 3.63) is 17.7 Å². The van der Waals surface area contributed by atoms with Crippen molar-refractivity contribution in [3.8, 4) is 17.2 Å². The van der Waals surface area contributed by atoms with Gasteiger partial charge in [-0.05, 0) is 6.42 Å². The van der Waals surface area contributed by atoms with Crippen molar-refractivity contribution in [2.24, 2.45) is 0 Å². The summed E-state index contributed by atoms with van der Waals surface area (Å²) in [6.07, 6.45) is -6.04. The van der Waals surface area contributed by atoms with Crippen molar-refractivity contribution in [1.82, 2.24) is 5.32 Å². The van der Waals surface area contributed by atoms with E-state index in [1.807, 2.05) is 0 Å². The van der Waals surface area contributed by atoms with Crippen molar-refractivity contribution in [1.29, 1.82) is 0 Å². The first kappa shape index (κ1) is 19.8. The Hall–Kier alpha value is -2.26. The normalized spacial score (nSPS) is 11.8. The maximum absolute atomic E-state index is 12.8. The van der Waals surface area contributed by atoms with Gasteiger partial charge in [0.15, 0.2) is 0 Å². The Bertz CT molecular complexity index is 564. The number of halogens is 5. The van der Waals surface area contributed by atoms with E-state index in [1.165, 1.54) is 33.5 Å². The van der Waals surface area contributed by atoms with Gasteiger partial charge in [-0.2, -0.15) is 22.0 Å². The molecule has 1 aromatic carbocycles. The zero-order valence-corrected chi connectivity index (χ0v) is 13.1. The Morgan fingerprint density at radius 2 is 1.50 bits per heavy atom. The summed E-state index contributed by atoms with van der Waals surface area (Å²) >= 11 is 0. The molecule has 0 bridgehead atoms. The summed E-state index contributed by atoms with van der Waals surface area (Å²) in [6, 6.07) is 2.98. The van der Waals surface area contributed by atoms with Gasteiger partial charge in [0.2, 0.25) is 0 Å². The van der Waals surface area contributed by atoms with Gasteiger partial charge in [0.05, 0.1) is 21.3 Å². The summed E-state index contributed by atoms with van der Waals surface area (Å²) in [7, 11) is 4.09. The first-order chi connectivity index (χ1) is 11.1. The molecule has 0 aliphatic rings. The van der Waals surface area contributed by atoms with E-state index in [-0.39, 0.29) is 17.9 Å². The maximum atomic E-state index is 12.8. The Morgan fingerprint density at radius 3 is 1.88 bits per heavy atom. The molecule has 0 spiro atoms. The molecule has 0 fully saturated rings. The number of alkyl halides is 5. The first-order valence-corrected chi connectivity index (χ1v) is 6.60. The lowest BCUT2D eigenvalue weighted by molar-refractivity contribution is -0.269. The Balaban J connectivity index is 2.87. The molecule has 0 aliphatic carbocycles. The van der Waals surface area contributed by atoms with Gasteiger partial charge in [0, 0.05) is 24.2 Å². The van der Waals surface area contributed by atoms with E-state index in [4.69, 9.17) is 14.2 Å². The summed E-state index contributed by atoms with van der Waals surface area (Å²) in [5.41, 5.74) is 0.386. The average Bonchev–Trinajstić information content (AvgIpc) is 2.53. The van der Waals surface area contributed by atoms with Gasteiger partial charge in [-0.25, -0.2) is 0 Å². The van der Waals surface area contributed by atoms with Crippen LogP contribution in [0.2, 0.25) is 0 Å². The molecule has 1 rings (SSSR count). The fourth-order valence-corrected chi connectivity index (χ4v) is 1.87. The van der Waals surface area contributed by atoms with Crippen LogP contribution in [-0.4, -0.2) is 45.9 Å². The van der Waals surface area contributed by atoms with Crippen molar-refractivity contribution >= 4 is 5.91 Å². The van der Waals surface area contributed by atoms with Crippen molar-refractivity contribution < 1.29 is 41.0 Å². The number of benzene rings is 1. The van der Waals surface area contributed by atoms with Crippen LogP contribution in [0.15, 0.2) is 12.1 Å². The van der Waals surface area contributed by atoms with E-state index in [2.05, 4.69) is 0 Å². The molecule has 1 aromatic rings. The van der Waals surface area contributed by atoms with Crippen LogP contribution in [0.1, 0.15) is 5.56 Å². The minimum absolute atomic E-state index is 0.0873. The Morgan fingerprint density at radius 1 is 1.00 bits per heavy atom. The van der Waals surface area contributed by atoms with Crippen LogP contribution in [0.25, 0.3) is 0 Å². The summed E-state index contributed by atoms with van der Waals surface area (Å²) in [5, 5.41) is 1.56. The molecular weight excluding hydrogens is 341 g/mol. The summed E-state index contributed by atoms with van der Waals surface area (Å²) < 4.78 is 77.2. The number of carbonyl (C=O) groups is 1. The second kappa shape index (κ2) is 7.54. The van der Waals surface area contributed by atoms with Crippen LogP contribution in [0.5, 0.6) is 17.2 Å². The van der Waals surface area contributed by atoms with Gasteiger partial charge in [-0.3, -0.25) is 4.79 Å². The highest BCUT2D eigenvalue weighted by Gasteiger charge is 2.63. The molecule has 0 unspecified atom stereocenters. The molecule has 1 amide bonds. The second-order valence-electron chi connectivity index (χ2n) is 4.59. The lowest BCUT2D eigenvalue weighted by Gasteiger charge is -2.19. The lowest BCUT2D eigenvalue weighted by Crippen LogP contribution is -2.50. The molecule has 0 radical (unpaired) electrons. The highest BCUT2D eigenvalue weighted by Crippen LogP contribution is 2.36. The lowest BCUT2D eigenvalue weighted by atomic mass is 10.1. The summed E-state index contributed by atoms with van der Waals surface area (Å²) in [4.78, 5) is 11.0. The highest BCUT2D eigenvalue weighted by molar-refractivity contribution is 5.84. The number of hydrogen-bond donors (Lipinski definition) is 1. The number of amides is 1. The maximum Gasteiger partial charge on any atom is 0.463 e. The first-order valence-electron chi connectivity index (χ1n) is 6.60. The van der Waals surface area contributed by atoms with Crippen LogP contribution < -0.4 is 19.5 Å². The third-order valence-electron chi connectivity index (χ3n) is 3.12. The predicted octanol–water partition coefficient (Wildman–Crippen LogP) is 2.57. The van der Waals surface area contributed by atoms with Crippen molar-refractivity contribution in [2.45, 2.75) is 18.5 Å². The third-order valence-corrected chi connectivity index (χ3v) is 3.12. The SMILES string of the molecule is COc1cc(OC)c(CCNC(=O)C(F)(F)C(F)(F)F)c(OC)c1. The molecule has 0 heterocycles. The quantitative estimate of drug-likeness (QED) is 0.762. The van der Waals surface area contributed by atoms with E-state index < -0.39 is 24.6 Å². The molecule has 24 heavy (non-hydrogen) atoms. The molecule has 0 atom stereocenters. The summed E-state index contributed by atoms with van der Waals surface area (Å²) in [6.45, 7) is -0.469. The molecular formula is C14H16F5NO4. The smallest absolute Gasteiger partial charge is 0.463 e. The van der Waals surface area contributed by atoms with E-state index in [0.717, 1.165) is 0 Å². The molecule has 0 saturated heterocycles. The second-order valence-corrected chi connectivity index (χ2v) is 4.59. The fraction of sp³-hybridized carbons (Fsp3) is 0.500. The third kappa shape index (κ3) is 4.18. The number of methoxy groups -OCH3 is 3. The van der Waals surface area contributed by atoms with Gasteiger partial charge >= 0.3 is 12.1 Å². The molecule has 10 heteroatoms. The van der Waals surface area contributed by atoms with Crippen LogP contribution in [-0.2, 0) is 11.2 Å². The fourth-order valence-electron chi connectivity index (χ4n) is 1.87. The summed E-state index contributed by atoms with van der Waals surface area (Å²) in [5.74, 6) is -6.91. The van der Waals surface area contributed by atoms with Crippen LogP contribution >= 0.6 is 0 Å². The zero-order chi connectivity index (χ0) is 18.5. The number of carbonyl (C=O) groups excluding carboxylic acids is 1. The minimum atomic E-state index is -5.95. The minimum Gasteiger partial charge on any atom is -0.496 e. The van der Waals surface area contributed by atoms with Crippen LogP contribution in [0, 0.1) is 0 Å². The Kier molecular flexibility index (Phi) is 6.22.